The van der Waals surface area contributed by atoms with Gasteiger partial charge in [-0.1, -0.05) is 12.1 Å². The molecule has 0 N–H and O–H groups in total. The predicted molar refractivity (Wildman–Crippen MR) is 53.6 cm³/mol. The maximum Gasteiger partial charge on any atom is 0.136 e. The average Bonchev–Trinajstić information content (AvgIpc) is 2.02. The van der Waals surface area contributed by atoms with Crippen molar-refractivity contribution in [2.24, 2.45) is 9.39 Å². The van der Waals surface area contributed by atoms with Gasteiger partial charge in [-0.3, -0.25) is 0 Å². The minimum Gasteiger partial charge on any atom is -0.245 e. The van der Waals surface area contributed by atoms with Crippen LogP contribution >= 0.6 is 0 Å². The Morgan fingerprint density at radius 2 is 2.00 bits per heavy atom. The summed E-state index contributed by atoms with van der Waals surface area (Å²) >= 11 is 0. The molecule has 3 nitrogen and oxygen atoms in total. The zero-order chi connectivity index (χ0) is 9.47. The van der Waals surface area contributed by atoms with Gasteiger partial charge in [-0.05, 0) is 19.1 Å². The van der Waals surface area contributed by atoms with Crippen LogP contribution in [-0.2, 0) is 9.71 Å². The first-order chi connectivity index (χ1) is 6.09. The van der Waals surface area contributed by atoms with Crippen molar-refractivity contribution in [3.05, 3.63) is 34.1 Å². The number of nitrogens with zero attached hydrogens (tertiary/aromatic N) is 2. The van der Waals surface area contributed by atoms with Crippen LogP contribution in [0, 0.1) is 4.51 Å². The maximum atomic E-state index is 12.0. The lowest BCUT2D eigenvalue weighted by molar-refractivity contribution is 0.683. The molecule has 0 bridgehead atoms. The van der Waals surface area contributed by atoms with Gasteiger partial charge >= 0.3 is 0 Å². The second kappa shape index (κ2) is 2.67. The van der Waals surface area contributed by atoms with Crippen LogP contribution in [0.25, 0.3) is 0 Å². The largest absolute Gasteiger partial charge is 0.245 e. The Morgan fingerprint density at radius 3 is 2.77 bits per heavy atom. The third-order valence-corrected chi connectivity index (χ3v) is 3.64. The Bertz CT molecular complexity index is 580. The maximum absolute atomic E-state index is 12.0. The van der Waals surface area contributed by atoms with Crippen molar-refractivity contribution in [3.8, 4) is 0 Å². The van der Waals surface area contributed by atoms with Crippen molar-refractivity contribution in [2.45, 2.75) is 6.92 Å². The van der Waals surface area contributed by atoms with Crippen molar-refractivity contribution in [2.75, 3.05) is 6.26 Å². The molecule has 0 fully saturated rings. The smallest absolute Gasteiger partial charge is 0.136 e. The van der Waals surface area contributed by atoms with Gasteiger partial charge in [0.05, 0.1) is 19.6 Å². The normalized spacial score (nSPS) is 25.8. The fourth-order valence-electron chi connectivity index (χ4n) is 1.37. The summed E-state index contributed by atoms with van der Waals surface area (Å²) in [5.41, 5.74) is 0. The third-order valence-electron chi connectivity index (χ3n) is 1.86. The molecule has 1 heterocycles. The molecule has 0 spiro atoms. The van der Waals surface area contributed by atoms with E-state index in [0.29, 0.717) is 5.84 Å². The van der Waals surface area contributed by atoms with Crippen LogP contribution < -0.4 is 5.36 Å². The number of benzene rings is 1. The molecule has 1 aliphatic heterocycles. The fourth-order valence-corrected chi connectivity index (χ4v) is 2.84. The number of fused-ring (bicyclic) bond motifs is 1. The minimum atomic E-state index is -2.25. The van der Waals surface area contributed by atoms with Crippen LogP contribution in [0.4, 0.5) is 0 Å². The van der Waals surface area contributed by atoms with Gasteiger partial charge in [0.1, 0.15) is 5.84 Å². The standard InChI is InChI=1S/C9H10N2OS/c1-7-10-8-5-3-4-6-9(8)13(2,12)11-7/h3-6H,1-2H3. The molecule has 0 saturated heterocycles. The van der Waals surface area contributed by atoms with E-state index >= 15 is 0 Å². The van der Waals surface area contributed by atoms with Crippen molar-refractivity contribution >= 4 is 15.5 Å². The molecule has 68 valence electrons. The van der Waals surface area contributed by atoms with Gasteiger partial charge in [0.25, 0.3) is 0 Å². The summed E-state index contributed by atoms with van der Waals surface area (Å²) in [6.07, 6.45) is 1.64. The summed E-state index contributed by atoms with van der Waals surface area (Å²) in [4.78, 5) is 4.21. The lowest BCUT2D eigenvalue weighted by atomic mass is 10.3. The van der Waals surface area contributed by atoms with Crippen LogP contribution in [0.5, 0.6) is 0 Å². The third kappa shape index (κ3) is 1.37. The first-order valence-corrected chi connectivity index (χ1v) is 5.88. The van der Waals surface area contributed by atoms with Gasteiger partial charge in [0.2, 0.25) is 0 Å². The molecular weight excluding hydrogens is 184 g/mol. The van der Waals surface area contributed by atoms with Gasteiger partial charge in [0.15, 0.2) is 0 Å². The highest BCUT2D eigenvalue weighted by Gasteiger charge is 2.05. The van der Waals surface area contributed by atoms with Crippen LogP contribution in [0.1, 0.15) is 6.92 Å². The molecule has 0 amide bonds. The van der Waals surface area contributed by atoms with Crippen LogP contribution in [0.15, 0.2) is 33.7 Å². The first-order valence-electron chi connectivity index (χ1n) is 3.96. The summed E-state index contributed by atoms with van der Waals surface area (Å²) in [5, 5.41) is 0.780. The Balaban J connectivity index is 3.13. The van der Waals surface area contributed by atoms with Crippen molar-refractivity contribution in [3.63, 3.8) is 0 Å². The molecule has 4 heteroatoms. The number of para-hydroxylation sites is 1. The van der Waals surface area contributed by atoms with E-state index < -0.39 is 9.71 Å². The Morgan fingerprint density at radius 1 is 1.31 bits per heavy atom. The van der Waals surface area contributed by atoms with Gasteiger partial charge < -0.3 is 0 Å². The Hall–Kier alpha value is -1.16. The van der Waals surface area contributed by atoms with Crippen molar-refractivity contribution < 1.29 is 4.21 Å². The van der Waals surface area contributed by atoms with E-state index in [1.807, 2.05) is 24.3 Å². The van der Waals surface area contributed by atoms with E-state index in [0.717, 1.165) is 9.87 Å². The highest BCUT2D eigenvalue weighted by Crippen LogP contribution is 2.01. The number of rotatable bonds is 0. The molecule has 0 radical (unpaired) electrons. The van der Waals surface area contributed by atoms with Crippen molar-refractivity contribution in [1.29, 1.82) is 0 Å². The van der Waals surface area contributed by atoms with E-state index in [1.54, 1.807) is 13.2 Å². The highest BCUT2D eigenvalue weighted by atomic mass is 32.2. The highest BCUT2D eigenvalue weighted by molar-refractivity contribution is 7.93. The van der Waals surface area contributed by atoms with E-state index in [1.165, 1.54) is 0 Å². The van der Waals surface area contributed by atoms with E-state index in [9.17, 15) is 4.21 Å². The van der Waals surface area contributed by atoms with Gasteiger partial charge in [0, 0.05) is 6.26 Å². The lowest BCUT2D eigenvalue weighted by Crippen LogP contribution is -2.16. The monoisotopic (exact) mass is 194 g/mol. The van der Waals surface area contributed by atoms with Gasteiger partial charge in [-0.25, -0.2) is 9.20 Å². The Labute approximate surface area is 77.0 Å². The van der Waals surface area contributed by atoms with Crippen molar-refractivity contribution in [1.82, 2.24) is 0 Å². The van der Waals surface area contributed by atoms with E-state index in [2.05, 4.69) is 9.39 Å². The zero-order valence-corrected chi connectivity index (χ0v) is 8.34. The second-order valence-corrected chi connectivity index (χ2v) is 5.25. The lowest BCUT2D eigenvalue weighted by Gasteiger charge is -2.04. The number of hydrogen-bond donors (Lipinski definition) is 0. The van der Waals surface area contributed by atoms with Gasteiger partial charge in [-0.2, -0.15) is 4.40 Å². The fraction of sp³-hybridized carbons (Fsp3) is 0.222. The predicted octanol–water partition coefficient (Wildman–Crippen LogP) is 0.818. The molecule has 1 aliphatic rings. The molecule has 0 saturated carbocycles. The average molecular weight is 194 g/mol. The van der Waals surface area contributed by atoms with Crippen LogP contribution in [0.2, 0.25) is 0 Å². The molecule has 1 unspecified atom stereocenters. The van der Waals surface area contributed by atoms with E-state index in [4.69, 9.17) is 0 Å². The molecule has 0 aromatic heterocycles. The SMILES string of the molecule is CC1=NS(C)(=O)=c2ccccc2=N1. The Kier molecular flexibility index (Phi) is 1.73. The van der Waals surface area contributed by atoms with Crippen LogP contribution in [-0.4, -0.2) is 16.3 Å². The van der Waals surface area contributed by atoms with Crippen LogP contribution in [0.3, 0.4) is 0 Å². The summed E-state index contributed by atoms with van der Waals surface area (Å²) in [6.45, 7) is 1.76. The second-order valence-electron chi connectivity index (χ2n) is 3.02. The summed E-state index contributed by atoms with van der Waals surface area (Å²) in [6, 6.07) is 7.41. The molecule has 0 aliphatic carbocycles. The molecule has 2 rings (SSSR count). The molecule has 1 aromatic rings. The molecular formula is C9H10N2OS. The minimum absolute atomic E-state index is 0.589. The molecule has 13 heavy (non-hydrogen) atoms. The topological polar surface area (TPSA) is 41.8 Å². The summed E-state index contributed by atoms with van der Waals surface area (Å²) < 4.78 is 16.8. The summed E-state index contributed by atoms with van der Waals surface area (Å²) in [7, 11) is -2.25. The first kappa shape index (κ1) is 8.44. The molecule has 1 aromatic carbocycles. The van der Waals surface area contributed by atoms with Gasteiger partial charge in [-0.15, -0.1) is 0 Å². The number of hydrogen-bond acceptors (Lipinski definition) is 2. The van der Waals surface area contributed by atoms with E-state index in [-0.39, 0.29) is 0 Å². The zero-order valence-electron chi connectivity index (χ0n) is 7.52. The summed E-state index contributed by atoms with van der Waals surface area (Å²) in [5.74, 6) is 0.589. The number of amidine groups is 1. The quantitative estimate of drug-likeness (QED) is 0.564. The molecule has 1 atom stereocenters.